The molecule has 86 valence electrons. The van der Waals surface area contributed by atoms with Crippen LogP contribution in [0.25, 0.3) is 0 Å². The van der Waals surface area contributed by atoms with Crippen molar-refractivity contribution in [3.8, 4) is 0 Å². The van der Waals surface area contributed by atoms with Gasteiger partial charge in [-0.1, -0.05) is 20.8 Å². The molecule has 0 saturated heterocycles. The van der Waals surface area contributed by atoms with Gasteiger partial charge in [0, 0.05) is 0 Å². The summed E-state index contributed by atoms with van der Waals surface area (Å²) in [5.41, 5.74) is 0.0882. The fraction of sp³-hybridized carbons (Fsp3) is 1.00. The third-order valence-corrected chi connectivity index (χ3v) is 2.17. The summed E-state index contributed by atoms with van der Waals surface area (Å²) in [6.07, 6.45) is -2.32. The predicted octanol–water partition coefficient (Wildman–Crippen LogP) is -0.112. The summed E-state index contributed by atoms with van der Waals surface area (Å²) in [5.74, 6) is 0. The van der Waals surface area contributed by atoms with Crippen molar-refractivity contribution in [3.05, 3.63) is 0 Å². The standard InChI is InChI=1S/C10H22O4/c1-10(2,3)5-4-7(12)9(14)8(13)6-11/h7-9,11-14H,4-6H2,1-3H3/t7-,8+,9-/m0/s1. The van der Waals surface area contributed by atoms with Gasteiger partial charge in [-0.3, -0.25) is 0 Å². The SMILES string of the molecule is CC(C)(C)CC[C@H](O)[C@H](O)[C@H](O)CO. The van der Waals surface area contributed by atoms with Crippen LogP contribution >= 0.6 is 0 Å². The van der Waals surface area contributed by atoms with E-state index < -0.39 is 24.9 Å². The highest BCUT2D eigenvalue weighted by molar-refractivity contribution is 4.76. The number of aliphatic hydroxyl groups is 4. The van der Waals surface area contributed by atoms with Gasteiger partial charge in [0.1, 0.15) is 12.2 Å². The largest absolute Gasteiger partial charge is 0.394 e. The molecule has 0 saturated carbocycles. The van der Waals surface area contributed by atoms with Crippen LogP contribution in [0, 0.1) is 5.41 Å². The van der Waals surface area contributed by atoms with Crippen molar-refractivity contribution in [1.29, 1.82) is 0 Å². The Bertz CT molecular complexity index is 153. The summed E-state index contributed by atoms with van der Waals surface area (Å²) >= 11 is 0. The van der Waals surface area contributed by atoms with E-state index in [0.29, 0.717) is 6.42 Å². The lowest BCUT2D eigenvalue weighted by molar-refractivity contribution is -0.0804. The van der Waals surface area contributed by atoms with E-state index in [1.165, 1.54) is 0 Å². The first kappa shape index (κ1) is 13.8. The molecule has 4 N–H and O–H groups in total. The van der Waals surface area contributed by atoms with Crippen LogP contribution in [0.1, 0.15) is 33.6 Å². The second-order valence-corrected chi connectivity index (χ2v) is 4.91. The van der Waals surface area contributed by atoms with Crippen molar-refractivity contribution in [2.24, 2.45) is 5.41 Å². The summed E-state index contributed by atoms with van der Waals surface area (Å²) in [5, 5.41) is 36.4. The van der Waals surface area contributed by atoms with Crippen molar-refractivity contribution in [1.82, 2.24) is 0 Å². The summed E-state index contributed by atoms with van der Waals surface area (Å²) in [6.45, 7) is 5.57. The molecule has 0 heterocycles. The van der Waals surface area contributed by atoms with Gasteiger partial charge in [-0.25, -0.2) is 0 Å². The van der Waals surface area contributed by atoms with Crippen molar-refractivity contribution in [3.63, 3.8) is 0 Å². The maximum absolute atomic E-state index is 9.46. The fourth-order valence-electron chi connectivity index (χ4n) is 1.12. The van der Waals surface area contributed by atoms with Gasteiger partial charge in [-0.2, -0.15) is 0 Å². The average Bonchev–Trinajstić information content (AvgIpc) is 2.10. The minimum absolute atomic E-state index is 0.0882. The minimum atomic E-state index is -1.26. The molecule has 0 aromatic heterocycles. The van der Waals surface area contributed by atoms with E-state index in [4.69, 9.17) is 10.2 Å². The maximum atomic E-state index is 9.46. The molecule has 0 radical (unpaired) electrons. The van der Waals surface area contributed by atoms with Gasteiger partial charge in [0.25, 0.3) is 0 Å². The van der Waals surface area contributed by atoms with E-state index in [-0.39, 0.29) is 5.41 Å². The number of aliphatic hydroxyl groups excluding tert-OH is 4. The van der Waals surface area contributed by atoms with Gasteiger partial charge in [-0.15, -0.1) is 0 Å². The molecule has 0 aromatic rings. The molecule has 14 heavy (non-hydrogen) atoms. The minimum Gasteiger partial charge on any atom is -0.394 e. The van der Waals surface area contributed by atoms with E-state index in [1.807, 2.05) is 20.8 Å². The Morgan fingerprint density at radius 2 is 1.50 bits per heavy atom. The second-order valence-electron chi connectivity index (χ2n) is 4.91. The maximum Gasteiger partial charge on any atom is 0.108 e. The first-order valence-electron chi connectivity index (χ1n) is 4.93. The molecule has 0 amide bonds. The van der Waals surface area contributed by atoms with Crippen molar-refractivity contribution in [2.75, 3.05) is 6.61 Å². The molecule has 3 atom stereocenters. The smallest absolute Gasteiger partial charge is 0.108 e. The van der Waals surface area contributed by atoms with Crippen LogP contribution in [0.4, 0.5) is 0 Å². The first-order valence-corrected chi connectivity index (χ1v) is 4.93. The fourth-order valence-corrected chi connectivity index (χ4v) is 1.12. The summed E-state index contributed by atoms with van der Waals surface area (Å²) in [6, 6.07) is 0. The zero-order chi connectivity index (χ0) is 11.4. The Morgan fingerprint density at radius 1 is 1.00 bits per heavy atom. The molecule has 0 bridgehead atoms. The van der Waals surface area contributed by atoms with E-state index in [9.17, 15) is 10.2 Å². The molecular weight excluding hydrogens is 184 g/mol. The van der Waals surface area contributed by atoms with Crippen LogP contribution in [0.3, 0.4) is 0 Å². The zero-order valence-corrected chi connectivity index (χ0v) is 9.14. The Labute approximate surface area is 85.2 Å². The van der Waals surface area contributed by atoms with Gasteiger partial charge < -0.3 is 20.4 Å². The monoisotopic (exact) mass is 206 g/mol. The number of rotatable bonds is 5. The van der Waals surface area contributed by atoms with Crippen LogP contribution < -0.4 is 0 Å². The van der Waals surface area contributed by atoms with Crippen molar-refractivity contribution < 1.29 is 20.4 Å². The number of hydrogen-bond acceptors (Lipinski definition) is 4. The lowest BCUT2D eigenvalue weighted by Gasteiger charge is -2.25. The molecule has 0 aliphatic heterocycles. The topological polar surface area (TPSA) is 80.9 Å². The molecule has 0 aliphatic carbocycles. The van der Waals surface area contributed by atoms with Gasteiger partial charge in [0.15, 0.2) is 0 Å². The summed E-state index contributed by atoms with van der Waals surface area (Å²) in [4.78, 5) is 0. The predicted molar refractivity (Wildman–Crippen MR) is 53.8 cm³/mol. The van der Waals surface area contributed by atoms with E-state index in [1.54, 1.807) is 0 Å². The average molecular weight is 206 g/mol. The quantitative estimate of drug-likeness (QED) is 0.506. The second kappa shape index (κ2) is 5.66. The lowest BCUT2D eigenvalue weighted by Crippen LogP contribution is -2.39. The van der Waals surface area contributed by atoms with E-state index in [0.717, 1.165) is 6.42 Å². The first-order chi connectivity index (χ1) is 6.28. The van der Waals surface area contributed by atoms with Crippen molar-refractivity contribution in [2.45, 2.75) is 51.9 Å². The van der Waals surface area contributed by atoms with Crippen LogP contribution in [0.5, 0.6) is 0 Å². The van der Waals surface area contributed by atoms with E-state index >= 15 is 0 Å². The highest BCUT2D eigenvalue weighted by Gasteiger charge is 2.25. The molecule has 0 aliphatic rings. The van der Waals surface area contributed by atoms with Crippen LogP contribution in [-0.2, 0) is 0 Å². The molecule has 4 nitrogen and oxygen atoms in total. The van der Waals surface area contributed by atoms with Crippen molar-refractivity contribution >= 4 is 0 Å². The normalized spacial score (nSPS) is 19.1. The molecule has 0 fully saturated rings. The van der Waals surface area contributed by atoms with Crippen LogP contribution in [-0.4, -0.2) is 45.3 Å². The molecule has 4 heteroatoms. The zero-order valence-electron chi connectivity index (χ0n) is 9.14. The van der Waals surface area contributed by atoms with Gasteiger partial charge in [0.2, 0.25) is 0 Å². The summed E-state index contributed by atoms with van der Waals surface area (Å²) in [7, 11) is 0. The Kier molecular flexibility index (Phi) is 5.59. The third-order valence-electron chi connectivity index (χ3n) is 2.17. The summed E-state index contributed by atoms with van der Waals surface area (Å²) < 4.78 is 0. The van der Waals surface area contributed by atoms with Gasteiger partial charge >= 0.3 is 0 Å². The third kappa shape index (κ3) is 5.54. The number of hydrogen-bond donors (Lipinski definition) is 4. The van der Waals surface area contributed by atoms with Gasteiger partial charge in [0.05, 0.1) is 12.7 Å². The molecule has 0 rings (SSSR count). The molecule has 0 unspecified atom stereocenters. The Hall–Kier alpha value is -0.160. The molecule has 0 spiro atoms. The van der Waals surface area contributed by atoms with Crippen LogP contribution in [0.2, 0.25) is 0 Å². The van der Waals surface area contributed by atoms with E-state index in [2.05, 4.69) is 0 Å². The van der Waals surface area contributed by atoms with Gasteiger partial charge in [-0.05, 0) is 18.3 Å². The highest BCUT2D eigenvalue weighted by Crippen LogP contribution is 2.22. The molecule has 0 aromatic carbocycles. The molecular formula is C10H22O4. The Balaban J connectivity index is 3.90. The van der Waals surface area contributed by atoms with Crippen LogP contribution in [0.15, 0.2) is 0 Å². The Morgan fingerprint density at radius 3 is 1.86 bits per heavy atom. The lowest BCUT2D eigenvalue weighted by atomic mass is 9.88. The highest BCUT2D eigenvalue weighted by atomic mass is 16.4.